The molecule has 3 aromatic rings. The molecule has 0 aromatic heterocycles. The number of nitrogens with zero attached hydrogens (tertiary/aromatic N) is 2. The fraction of sp³-hybridized carbons (Fsp3) is 0.185. The third kappa shape index (κ3) is 2.98. The first kappa shape index (κ1) is 24.0. The highest BCUT2D eigenvalue weighted by atomic mass is 35.5. The summed E-state index contributed by atoms with van der Waals surface area (Å²) in [5.74, 6) is -5.88. The minimum Gasteiger partial charge on any atom is -0.494 e. The van der Waals surface area contributed by atoms with Crippen molar-refractivity contribution < 1.29 is 33.6 Å². The lowest BCUT2D eigenvalue weighted by atomic mass is 9.77. The van der Waals surface area contributed by atoms with Crippen LogP contribution in [-0.2, 0) is 14.3 Å². The van der Waals surface area contributed by atoms with Gasteiger partial charge >= 0.3 is 0 Å². The molecule has 0 N–H and O–H groups in total. The minimum atomic E-state index is -2.27. The summed E-state index contributed by atoms with van der Waals surface area (Å²) in [5, 5.41) is 11.5. The zero-order chi connectivity index (χ0) is 26.9. The number of hydrogen-bond donors (Lipinski definition) is 0. The van der Waals surface area contributed by atoms with Crippen LogP contribution in [0.3, 0.4) is 0 Å². The maximum atomic E-state index is 14.0. The van der Waals surface area contributed by atoms with Crippen LogP contribution in [0, 0.1) is 22.0 Å². The Morgan fingerprint density at radius 3 is 2.18 bits per heavy atom. The first-order valence-electron chi connectivity index (χ1n) is 11.5. The van der Waals surface area contributed by atoms with Gasteiger partial charge in [0.1, 0.15) is 5.75 Å². The van der Waals surface area contributed by atoms with Crippen molar-refractivity contribution in [3.05, 3.63) is 98.6 Å². The second kappa shape index (κ2) is 8.30. The van der Waals surface area contributed by atoms with E-state index in [1.54, 1.807) is 36.4 Å². The summed E-state index contributed by atoms with van der Waals surface area (Å²) in [7, 11) is 1.24. The van der Waals surface area contributed by atoms with Gasteiger partial charge in [-0.2, -0.15) is 0 Å². The van der Waals surface area contributed by atoms with Gasteiger partial charge in [-0.05, 0) is 12.1 Å². The van der Waals surface area contributed by atoms with Crippen molar-refractivity contribution in [1.29, 1.82) is 0 Å². The second-order valence-corrected chi connectivity index (χ2v) is 9.54. The number of carbonyl (C=O) groups excluding carboxylic acids is 4. The van der Waals surface area contributed by atoms with Gasteiger partial charge in [0, 0.05) is 27.8 Å². The number of carbonyl (C=O) groups is 4. The van der Waals surface area contributed by atoms with Crippen LogP contribution >= 0.6 is 11.6 Å². The standard InChI is InChI=1S/C27H17ClN2O8/c1-37-19-12-13(30(35)36)10-11-18(19)29-25(33)20-21(26(29)34)27(38-22(20)16-8-4-5-9-17(16)28)23(31)14-6-2-3-7-15(14)24(27)32/h2-12,20-22H,1H3/t20-,21-,22-/m1/s1. The quantitative estimate of drug-likeness (QED) is 0.213. The zero-order valence-electron chi connectivity index (χ0n) is 19.6. The highest BCUT2D eigenvalue weighted by Crippen LogP contribution is 2.58. The molecule has 38 heavy (non-hydrogen) atoms. The molecule has 6 rings (SSSR count). The number of hydrogen-bond acceptors (Lipinski definition) is 8. The number of methoxy groups -OCH3 is 1. The van der Waals surface area contributed by atoms with Gasteiger partial charge in [0.25, 0.3) is 5.69 Å². The average molecular weight is 533 g/mol. The summed E-state index contributed by atoms with van der Waals surface area (Å²) in [6.07, 6.45) is -1.19. The number of nitro groups is 1. The van der Waals surface area contributed by atoms with E-state index in [-0.39, 0.29) is 33.3 Å². The number of imide groups is 1. The van der Waals surface area contributed by atoms with Crippen LogP contribution in [-0.4, -0.2) is 41.0 Å². The number of fused-ring (bicyclic) bond motifs is 3. The molecular weight excluding hydrogens is 516 g/mol. The predicted molar refractivity (Wildman–Crippen MR) is 132 cm³/mol. The van der Waals surface area contributed by atoms with Crippen LogP contribution in [0.15, 0.2) is 66.7 Å². The first-order valence-corrected chi connectivity index (χ1v) is 11.9. The summed E-state index contributed by atoms with van der Waals surface area (Å²) >= 11 is 6.44. The molecule has 2 saturated heterocycles. The van der Waals surface area contributed by atoms with Crippen molar-refractivity contribution in [3.63, 3.8) is 0 Å². The van der Waals surface area contributed by atoms with Gasteiger partial charge in [-0.15, -0.1) is 0 Å². The molecule has 0 radical (unpaired) electrons. The van der Waals surface area contributed by atoms with Crippen molar-refractivity contribution in [3.8, 4) is 5.75 Å². The van der Waals surface area contributed by atoms with E-state index in [2.05, 4.69) is 0 Å². The van der Waals surface area contributed by atoms with Gasteiger partial charge < -0.3 is 9.47 Å². The smallest absolute Gasteiger partial charge is 0.273 e. The van der Waals surface area contributed by atoms with Crippen molar-refractivity contribution in [2.75, 3.05) is 12.0 Å². The van der Waals surface area contributed by atoms with Gasteiger partial charge in [-0.3, -0.25) is 29.3 Å². The van der Waals surface area contributed by atoms with Crippen LogP contribution in [0.1, 0.15) is 32.4 Å². The SMILES string of the molecule is COc1cc([N+](=O)[O-])ccc1N1C(=O)[C@H]2[C@@H](c3ccccc3Cl)OC3(C(=O)c4ccccc4C3=O)[C@H]2C1=O. The summed E-state index contributed by atoms with van der Waals surface area (Å²) in [4.78, 5) is 67.1. The molecule has 190 valence electrons. The lowest BCUT2D eigenvalue weighted by Crippen LogP contribution is -2.51. The van der Waals surface area contributed by atoms with Crippen LogP contribution in [0.25, 0.3) is 0 Å². The summed E-state index contributed by atoms with van der Waals surface area (Å²) in [5.41, 5.74) is -2.09. The van der Waals surface area contributed by atoms with E-state index in [9.17, 15) is 29.3 Å². The molecule has 3 aliphatic rings. The van der Waals surface area contributed by atoms with E-state index < -0.39 is 51.8 Å². The molecular formula is C27H17ClN2O8. The van der Waals surface area contributed by atoms with Crippen molar-refractivity contribution in [2.24, 2.45) is 11.8 Å². The number of rotatable bonds is 4. The average Bonchev–Trinajstić information content (AvgIpc) is 3.48. The lowest BCUT2D eigenvalue weighted by Gasteiger charge is -2.27. The van der Waals surface area contributed by atoms with Gasteiger partial charge in [0.2, 0.25) is 29.0 Å². The van der Waals surface area contributed by atoms with E-state index in [0.29, 0.717) is 5.56 Å². The van der Waals surface area contributed by atoms with Crippen molar-refractivity contribution >= 4 is 46.4 Å². The molecule has 3 atom stereocenters. The van der Waals surface area contributed by atoms with Crippen LogP contribution in [0.4, 0.5) is 11.4 Å². The van der Waals surface area contributed by atoms with Gasteiger partial charge in [-0.25, -0.2) is 4.90 Å². The van der Waals surface area contributed by atoms with Crippen molar-refractivity contribution in [1.82, 2.24) is 0 Å². The molecule has 2 fully saturated rings. The Kier molecular flexibility index (Phi) is 5.23. The monoisotopic (exact) mass is 532 g/mol. The van der Waals surface area contributed by atoms with Crippen LogP contribution in [0.5, 0.6) is 5.75 Å². The molecule has 1 aliphatic carbocycles. The zero-order valence-corrected chi connectivity index (χ0v) is 20.4. The normalized spacial score (nSPS) is 23.2. The fourth-order valence-corrected chi connectivity index (χ4v) is 5.95. The minimum absolute atomic E-state index is 0.0500. The Hall–Kier alpha value is -4.41. The number of halogens is 1. The molecule has 11 heteroatoms. The molecule has 0 unspecified atom stereocenters. The number of ketones is 2. The number of benzene rings is 3. The Labute approximate surface area is 219 Å². The van der Waals surface area contributed by atoms with Gasteiger partial charge in [0.05, 0.1) is 41.7 Å². The van der Waals surface area contributed by atoms with E-state index in [4.69, 9.17) is 21.1 Å². The summed E-state index contributed by atoms with van der Waals surface area (Å²) < 4.78 is 11.5. The highest BCUT2D eigenvalue weighted by molar-refractivity contribution is 6.37. The van der Waals surface area contributed by atoms with Gasteiger partial charge in [-0.1, -0.05) is 54.1 Å². The molecule has 2 heterocycles. The van der Waals surface area contributed by atoms with Crippen LogP contribution in [0.2, 0.25) is 5.02 Å². The van der Waals surface area contributed by atoms with Crippen molar-refractivity contribution in [2.45, 2.75) is 11.7 Å². The number of ether oxygens (including phenoxy) is 2. The number of non-ortho nitro benzene ring substituents is 1. The lowest BCUT2D eigenvalue weighted by molar-refractivity contribution is -0.384. The maximum Gasteiger partial charge on any atom is 0.273 e. The molecule has 0 bridgehead atoms. The molecule has 2 aliphatic heterocycles. The molecule has 3 aromatic carbocycles. The highest BCUT2D eigenvalue weighted by Gasteiger charge is 2.75. The number of nitro benzene ring substituents is 1. The fourth-order valence-electron chi connectivity index (χ4n) is 5.71. The summed E-state index contributed by atoms with van der Waals surface area (Å²) in [6.45, 7) is 0. The molecule has 1 spiro atoms. The maximum absolute atomic E-state index is 14.0. The second-order valence-electron chi connectivity index (χ2n) is 9.13. The number of amides is 2. The Morgan fingerprint density at radius 1 is 0.947 bits per heavy atom. The van der Waals surface area contributed by atoms with Crippen LogP contribution < -0.4 is 9.64 Å². The first-order chi connectivity index (χ1) is 18.2. The number of Topliss-reactive ketones (excluding diaryl/α,β-unsaturated/α-hetero) is 2. The summed E-state index contributed by atoms with van der Waals surface area (Å²) in [6, 6.07) is 16.1. The molecule has 0 saturated carbocycles. The van der Waals surface area contributed by atoms with E-state index in [1.807, 2.05) is 0 Å². The van der Waals surface area contributed by atoms with Gasteiger partial charge in [0.15, 0.2) is 0 Å². The topological polar surface area (TPSA) is 133 Å². The molecule has 10 nitrogen and oxygen atoms in total. The third-order valence-corrected chi connectivity index (χ3v) is 7.69. The van der Waals surface area contributed by atoms with E-state index in [1.165, 1.54) is 25.3 Å². The Morgan fingerprint density at radius 2 is 1.58 bits per heavy atom. The van der Waals surface area contributed by atoms with E-state index in [0.717, 1.165) is 17.0 Å². The third-order valence-electron chi connectivity index (χ3n) is 7.35. The Bertz CT molecular complexity index is 1570. The van der Waals surface area contributed by atoms with E-state index >= 15 is 0 Å². The largest absolute Gasteiger partial charge is 0.494 e. The molecule has 2 amide bonds. The predicted octanol–water partition coefficient (Wildman–Crippen LogP) is 3.95. The Balaban J connectivity index is 1.55. The number of anilines is 1.